The maximum atomic E-state index is 11.5. The molecule has 0 unspecified atom stereocenters. The summed E-state index contributed by atoms with van der Waals surface area (Å²) in [6, 6.07) is 10.4. The first-order chi connectivity index (χ1) is 12.1. The van der Waals surface area contributed by atoms with Gasteiger partial charge in [0.1, 0.15) is 0 Å². The van der Waals surface area contributed by atoms with Gasteiger partial charge in [0, 0.05) is 59.4 Å². The van der Waals surface area contributed by atoms with E-state index >= 15 is 0 Å². The number of hydrogen-bond acceptors (Lipinski definition) is 3. The largest absolute Gasteiger partial charge is 0.373 e. The van der Waals surface area contributed by atoms with Crippen LogP contribution in [0.25, 0.3) is 0 Å². The maximum Gasteiger partial charge on any atom is 0.220 e. The third-order valence-corrected chi connectivity index (χ3v) is 4.81. The van der Waals surface area contributed by atoms with Gasteiger partial charge in [-0.15, -0.1) is 0 Å². The number of guanidine groups is 1. The van der Waals surface area contributed by atoms with Crippen LogP contribution in [0.4, 0.5) is 5.69 Å². The number of anilines is 1. The third-order valence-electron chi connectivity index (χ3n) is 4.81. The smallest absolute Gasteiger partial charge is 0.220 e. The van der Waals surface area contributed by atoms with Crippen LogP contribution in [0.1, 0.15) is 19.3 Å². The van der Waals surface area contributed by atoms with Crippen molar-refractivity contribution in [1.82, 2.24) is 15.5 Å². The van der Waals surface area contributed by atoms with Gasteiger partial charge >= 0.3 is 0 Å². The summed E-state index contributed by atoms with van der Waals surface area (Å²) < 4.78 is 0. The average Bonchev–Trinajstić information content (AvgIpc) is 2.66. The van der Waals surface area contributed by atoms with Crippen LogP contribution in [-0.2, 0) is 4.79 Å². The Labute approximate surface area is 151 Å². The number of likely N-dealkylation sites (N-methyl/N-ethyl adjacent to an activating group) is 1. The number of aliphatic imine (C=N–C) groups is 1. The van der Waals surface area contributed by atoms with Crippen molar-refractivity contribution in [3.63, 3.8) is 0 Å². The van der Waals surface area contributed by atoms with E-state index in [9.17, 15) is 4.79 Å². The minimum Gasteiger partial charge on any atom is -0.373 e. The van der Waals surface area contributed by atoms with Crippen molar-refractivity contribution in [2.75, 3.05) is 52.2 Å². The van der Waals surface area contributed by atoms with E-state index in [0.29, 0.717) is 12.3 Å². The zero-order valence-electron chi connectivity index (χ0n) is 15.7. The first kappa shape index (κ1) is 19.1. The zero-order valence-corrected chi connectivity index (χ0v) is 15.7. The molecule has 1 aliphatic rings. The molecule has 0 spiro atoms. The van der Waals surface area contributed by atoms with Crippen LogP contribution in [0.3, 0.4) is 0 Å². The molecule has 1 aliphatic heterocycles. The van der Waals surface area contributed by atoms with Crippen LogP contribution < -0.4 is 15.5 Å². The molecule has 1 amide bonds. The van der Waals surface area contributed by atoms with Gasteiger partial charge < -0.3 is 20.4 Å². The first-order valence-electron chi connectivity index (χ1n) is 9.06. The molecule has 1 fully saturated rings. The Balaban J connectivity index is 1.73. The molecule has 0 aromatic heterocycles. The Morgan fingerprint density at radius 2 is 1.96 bits per heavy atom. The van der Waals surface area contributed by atoms with E-state index in [1.165, 1.54) is 5.69 Å². The number of carbonyl (C=O) groups excluding carboxylic acids is 1. The summed E-state index contributed by atoms with van der Waals surface area (Å²) in [5.74, 6) is 1.59. The molecule has 2 rings (SSSR count). The first-order valence-corrected chi connectivity index (χ1v) is 9.06. The molecule has 0 aliphatic carbocycles. The number of nitrogens with one attached hydrogen (secondary N) is 2. The van der Waals surface area contributed by atoms with E-state index in [2.05, 4.69) is 56.7 Å². The number of nitrogens with zero attached hydrogens (tertiary/aromatic N) is 3. The normalized spacial score (nSPS) is 15.8. The maximum absolute atomic E-state index is 11.5. The fraction of sp³-hybridized carbons (Fsp3) is 0.579. The van der Waals surface area contributed by atoms with Crippen molar-refractivity contribution in [2.45, 2.75) is 19.3 Å². The summed E-state index contributed by atoms with van der Waals surface area (Å²) in [6.45, 7) is 3.66. The van der Waals surface area contributed by atoms with Gasteiger partial charge in [0.05, 0.1) is 0 Å². The predicted octanol–water partition coefficient (Wildman–Crippen LogP) is 1.55. The van der Waals surface area contributed by atoms with Crippen molar-refractivity contribution in [3.05, 3.63) is 30.3 Å². The Hall–Kier alpha value is -2.24. The van der Waals surface area contributed by atoms with Crippen LogP contribution in [0.2, 0.25) is 0 Å². The Morgan fingerprint density at radius 3 is 2.56 bits per heavy atom. The predicted molar refractivity (Wildman–Crippen MR) is 104 cm³/mol. The van der Waals surface area contributed by atoms with E-state index in [4.69, 9.17) is 0 Å². The van der Waals surface area contributed by atoms with Crippen molar-refractivity contribution in [3.8, 4) is 0 Å². The topological polar surface area (TPSA) is 60.0 Å². The van der Waals surface area contributed by atoms with Crippen LogP contribution in [0, 0.1) is 5.92 Å². The lowest BCUT2D eigenvalue weighted by Crippen LogP contribution is -2.47. The second kappa shape index (κ2) is 9.91. The van der Waals surface area contributed by atoms with Gasteiger partial charge in [-0.25, -0.2) is 0 Å². The van der Waals surface area contributed by atoms with Crippen LogP contribution >= 0.6 is 0 Å². The number of hydrogen-bond donors (Lipinski definition) is 2. The highest BCUT2D eigenvalue weighted by molar-refractivity contribution is 5.80. The average molecular weight is 345 g/mol. The highest BCUT2D eigenvalue weighted by Crippen LogP contribution is 2.20. The highest BCUT2D eigenvalue weighted by atomic mass is 16.1. The minimum atomic E-state index is 0.143. The Bertz CT molecular complexity index is 552. The number of likely N-dealkylation sites (tertiary alicyclic amines) is 1. The standard InChI is InChI=1S/C19H31N5O/c1-20-18(25)15-16-9-12-24(13-10-16)19(21-2)22-11-14-23(3)17-7-5-4-6-8-17/h4-8,16H,9-15H2,1-3H3,(H,20,25)(H,21,22). The van der Waals surface area contributed by atoms with Gasteiger partial charge in [-0.1, -0.05) is 18.2 Å². The van der Waals surface area contributed by atoms with Gasteiger partial charge in [0.2, 0.25) is 5.91 Å². The summed E-state index contributed by atoms with van der Waals surface area (Å²) in [6.07, 6.45) is 2.72. The molecule has 6 heteroatoms. The van der Waals surface area contributed by atoms with Gasteiger partial charge in [-0.05, 0) is 30.9 Å². The quantitative estimate of drug-likeness (QED) is 0.607. The Morgan fingerprint density at radius 1 is 1.28 bits per heavy atom. The molecular weight excluding hydrogens is 314 g/mol. The lowest BCUT2D eigenvalue weighted by molar-refractivity contribution is -0.121. The number of rotatable bonds is 6. The summed E-state index contributed by atoms with van der Waals surface area (Å²) in [5.41, 5.74) is 1.22. The van der Waals surface area contributed by atoms with E-state index in [1.807, 2.05) is 13.1 Å². The number of carbonyl (C=O) groups is 1. The van der Waals surface area contributed by atoms with Gasteiger partial charge in [0.15, 0.2) is 5.96 Å². The monoisotopic (exact) mass is 345 g/mol. The number of piperidine rings is 1. The molecule has 1 saturated heterocycles. The van der Waals surface area contributed by atoms with Crippen molar-refractivity contribution in [2.24, 2.45) is 10.9 Å². The molecule has 6 nitrogen and oxygen atoms in total. The van der Waals surface area contributed by atoms with Gasteiger partial charge in [-0.3, -0.25) is 9.79 Å². The SMILES string of the molecule is CN=C(NCCN(C)c1ccccc1)N1CCC(CC(=O)NC)CC1. The van der Waals surface area contributed by atoms with E-state index in [0.717, 1.165) is 45.0 Å². The molecule has 0 atom stereocenters. The van der Waals surface area contributed by atoms with E-state index in [1.54, 1.807) is 7.05 Å². The number of benzene rings is 1. The van der Waals surface area contributed by atoms with Crippen molar-refractivity contribution < 1.29 is 4.79 Å². The molecule has 2 N–H and O–H groups in total. The van der Waals surface area contributed by atoms with Crippen LogP contribution in [-0.4, -0.2) is 64.1 Å². The van der Waals surface area contributed by atoms with Crippen LogP contribution in [0.5, 0.6) is 0 Å². The fourth-order valence-electron chi connectivity index (χ4n) is 3.19. The van der Waals surface area contributed by atoms with Crippen LogP contribution in [0.15, 0.2) is 35.3 Å². The van der Waals surface area contributed by atoms with Crippen molar-refractivity contribution in [1.29, 1.82) is 0 Å². The molecule has 1 aromatic rings. The molecular formula is C19H31N5O. The second-order valence-electron chi connectivity index (χ2n) is 6.54. The fourth-order valence-corrected chi connectivity index (χ4v) is 3.19. The molecule has 0 bridgehead atoms. The van der Waals surface area contributed by atoms with E-state index in [-0.39, 0.29) is 5.91 Å². The molecule has 0 saturated carbocycles. The molecule has 138 valence electrons. The summed E-state index contributed by atoms with van der Waals surface area (Å²) >= 11 is 0. The van der Waals surface area contributed by atoms with Gasteiger partial charge in [0.25, 0.3) is 0 Å². The third kappa shape index (κ3) is 5.96. The lowest BCUT2D eigenvalue weighted by atomic mass is 9.93. The number of para-hydroxylation sites is 1. The molecule has 25 heavy (non-hydrogen) atoms. The summed E-state index contributed by atoms with van der Waals surface area (Å²) in [7, 11) is 5.64. The minimum absolute atomic E-state index is 0.143. The molecule has 0 radical (unpaired) electrons. The second-order valence-corrected chi connectivity index (χ2v) is 6.54. The number of amides is 1. The van der Waals surface area contributed by atoms with Crippen molar-refractivity contribution >= 4 is 17.6 Å². The summed E-state index contributed by atoms with van der Waals surface area (Å²) in [5, 5.41) is 6.18. The summed E-state index contributed by atoms with van der Waals surface area (Å²) in [4.78, 5) is 20.5. The van der Waals surface area contributed by atoms with Gasteiger partial charge in [-0.2, -0.15) is 0 Å². The van der Waals surface area contributed by atoms with E-state index < -0.39 is 0 Å². The molecule has 1 heterocycles. The zero-order chi connectivity index (χ0) is 18.1. The molecule has 1 aromatic carbocycles. The Kier molecular flexibility index (Phi) is 7.57. The lowest BCUT2D eigenvalue weighted by Gasteiger charge is -2.34. The highest BCUT2D eigenvalue weighted by Gasteiger charge is 2.22.